The first-order chi connectivity index (χ1) is 20.2. The zero-order valence-electron chi connectivity index (χ0n) is 23.8. The number of cyclic esters (lactones) is 1. The number of hydrogen-bond donors (Lipinski definition) is 0. The van der Waals surface area contributed by atoms with Crippen molar-refractivity contribution in [1.29, 1.82) is 0 Å². The smallest absolute Gasteiger partial charge is 0.385 e. The van der Waals surface area contributed by atoms with Crippen LogP contribution in [0.4, 0.5) is 8.78 Å². The van der Waals surface area contributed by atoms with Crippen LogP contribution >= 0.6 is 47.0 Å². The van der Waals surface area contributed by atoms with Crippen molar-refractivity contribution in [2.45, 2.75) is 33.6 Å². The normalized spacial score (nSPS) is 14.9. The Kier molecular flexibility index (Phi) is 13.7. The number of Topliss-reactive ketones (excluding diaryl/α,β-unsaturated/α-hetero) is 1. The highest BCUT2D eigenvalue weighted by Crippen LogP contribution is 2.43. The van der Waals surface area contributed by atoms with E-state index in [1.165, 1.54) is 77.4 Å². The summed E-state index contributed by atoms with van der Waals surface area (Å²) in [6, 6.07) is 11.6. The van der Waals surface area contributed by atoms with E-state index in [1.807, 2.05) is 27.7 Å². The second-order valence-corrected chi connectivity index (χ2v) is 14.2. The average molecular weight is 647 g/mol. The van der Waals surface area contributed by atoms with E-state index in [1.54, 1.807) is 36.4 Å². The SMILES string of the molecule is CCSC(SCC)=C1C(=O)C(=O)O/C1=C\C(C(C(=O)/C=C/c1ccc(F)cc1)=C(SCC)SCC)c1ccc(F)cc1. The summed E-state index contributed by atoms with van der Waals surface area (Å²) < 4.78 is 34.4. The van der Waals surface area contributed by atoms with Gasteiger partial charge in [-0.25, -0.2) is 13.6 Å². The van der Waals surface area contributed by atoms with Crippen LogP contribution in [0.2, 0.25) is 0 Å². The van der Waals surface area contributed by atoms with E-state index in [2.05, 4.69) is 0 Å². The third-order valence-corrected chi connectivity index (χ3v) is 10.3. The van der Waals surface area contributed by atoms with Crippen LogP contribution < -0.4 is 0 Å². The van der Waals surface area contributed by atoms with Crippen molar-refractivity contribution in [2.24, 2.45) is 0 Å². The van der Waals surface area contributed by atoms with Gasteiger partial charge in [0, 0.05) is 15.7 Å². The lowest BCUT2D eigenvalue weighted by molar-refractivity contribution is -0.145. The Morgan fingerprint density at radius 1 is 0.810 bits per heavy atom. The lowest BCUT2D eigenvalue weighted by Crippen LogP contribution is -2.12. The van der Waals surface area contributed by atoms with E-state index in [4.69, 9.17) is 4.74 Å². The molecular weight excluding hydrogens is 615 g/mol. The summed E-state index contributed by atoms with van der Waals surface area (Å²) in [6.07, 6.45) is 4.67. The van der Waals surface area contributed by atoms with Crippen LogP contribution in [0.25, 0.3) is 6.08 Å². The Morgan fingerprint density at radius 2 is 1.33 bits per heavy atom. The number of ketones is 2. The molecule has 1 heterocycles. The summed E-state index contributed by atoms with van der Waals surface area (Å²) in [5, 5.41) is 0. The summed E-state index contributed by atoms with van der Waals surface area (Å²) >= 11 is 5.92. The van der Waals surface area contributed by atoms with Crippen molar-refractivity contribution in [3.8, 4) is 0 Å². The number of ether oxygens (including phenoxy) is 1. The number of benzene rings is 2. The van der Waals surface area contributed by atoms with Crippen molar-refractivity contribution in [1.82, 2.24) is 0 Å². The van der Waals surface area contributed by atoms with Crippen LogP contribution in [0, 0.1) is 11.6 Å². The lowest BCUT2D eigenvalue weighted by Gasteiger charge is -2.21. The molecular formula is C32H32F2O4S4. The number of allylic oxidation sites excluding steroid dienone is 4. The number of carbonyl (C=O) groups is 3. The Labute approximate surface area is 262 Å². The summed E-state index contributed by atoms with van der Waals surface area (Å²) in [5.41, 5.74) is 1.84. The molecule has 0 amide bonds. The minimum atomic E-state index is -0.973. The predicted octanol–water partition coefficient (Wildman–Crippen LogP) is 8.78. The molecule has 0 bridgehead atoms. The molecule has 2 aromatic rings. The Bertz CT molecular complexity index is 1390. The average Bonchev–Trinajstić information content (AvgIpc) is 3.25. The molecule has 2 aromatic carbocycles. The molecule has 42 heavy (non-hydrogen) atoms. The van der Waals surface area contributed by atoms with Crippen molar-refractivity contribution < 1.29 is 27.9 Å². The minimum Gasteiger partial charge on any atom is -0.420 e. The molecule has 4 nitrogen and oxygen atoms in total. The molecule has 1 aliphatic rings. The number of hydrogen-bond acceptors (Lipinski definition) is 8. The molecule has 1 saturated heterocycles. The quantitative estimate of drug-likeness (QED) is 0.115. The molecule has 1 aliphatic heterocycles. The Hall–Kier alpha value is -2.53. The van der Waals surface area contributed by atoms with Crippen molar-refractivity contribution in [3.05, 3.63) is 109 Å². The molecule has 10 heteroatoms. The van der Waals surface area contributed by atoms with Crippen LogP contribution in [0.1, 0.15) is 44.7 Å². The topological polar surface area (TPSA) is 60.4 Å². The van der Waals surface area contributed by atoms with Gasteiger partial charge in [-0.1, -0.05) is 58.0 Å². The third-order valence-electron chi connectivity index (χ3n) is 5.81. The maximum absolute atomic E-state index is 14.0. The molecule has 0 aromatic heterocycles. The highest BCUT2D eigenvalue weighted by Gasteiger charge is 2.38. The molecule has 222 valence electrons. The van der Waals surface area contributed by atoms with Gasteiger partial charge in [-0.05, 0) is 70.6 Å². The van der Waals surface area contributed by atoms with Gasteiger partial charge in [0.25, 0.3) is 5.78 Å². The number of rotatable bonds is 14. The number of esters is 1. The molecule has 0 saturated carbocycles. The van der Waals surface area contributed by atoms with Gasteiger partial charge >= 0.3 is 5.97 Å². The van der Waals surface area contributed by atoms with E-state index in [-0.39, 0.29) is 22.9 Å². The fraction of sp³-hybridized carbons (Fsp3) is 0.281. The fourth-order valence-corrected chi connectivity index (χ4v) is 8.58. The van der Waals surface area contributed by atoms with E-state index in [9.17, 15) is 23.2 Å². The number of halogens is 2. The Balaban J connectivity index is 2.29. The Morgan fingerprint density at radius 3 is 1.86 bits per heavy atom. The monoisotopic (exact) mass is 646 g/mol. The van der Waals surface area contributed by atoms with Gasteiger partial charge in [0.15, 0.2) is 5.78 Å². The largest absolute Gasteiger partial charge is 0.420 e. The van der Waals surface area contributed by atoms with Crippen LogP contribution in [0.5, 0.6) is 0 Å². The molecule has 0 spiro atoms. The molecule has 0 N–H and O–H groups in total. The van der Waals surface area contributed by atoms with Gasteiger partial charge < -0.3 is 4.74 Å². The zero-order valence-corrected chi connectivity index (χ0v) is 27.0. The van der Waals surface area contributed by atoms with E-state index < -0.39 is 23.5 Å². The standard InChI is InChI=1S/C32H32F2O4S4/c1-5-39-31(40-6-2)27(25(35)18-11-20-9-14-22(33)15-10-20)24(21-12-16-23(34)17-13-21)19-26-28(29(36)30(37)38-26)32(41-7-3)42-8-4/h9-19,24H,5-8H2,1-4H3/b18-11+,26-19-. The molecule has 0 aliphatic carbocycles. The summed E-state index contributed by atoms with van der Waals surface area (Å²) in [4.78, 5) is 39.6. The predicted molar refractivity (Wildman–Crippen MR) is 175 cm³/mol. The number of thioether (sulfide) groups is 4. The van der Waals surface area contributed by atoms with Gasteiger partial charge in [0.1, 0.15) is 17.4 Å². The fourth-order valence-electron chi connectivity index (χ4n) is 4.01. The summed E-state index contributed by atoms with van der Waals surface area (Å²) in [5.74, 6) is -0.757. The molecule has 1 unspecified atom stereocenters. The summed E-state index contributed by atoms with van der Waals surface area (Å²) in [7, 11) is 0. The van der Waals surface area contributed by atoms with Crippen LogP contribution in [0.15, 0.2) is 86.1 Å². The highest BCUT2D eigenvalue weighted by molar-refractivity contribution is 8.22. The first-order valence-corrected chi connectivity index (χ1v) is 17.4. The molecule has 1 atom stereocenters. The molecule has 0 radical (unpaired) electrons. The maximum Gasteiger partial charge on any atom is 0.385 e. The second-order valence-electron chi connectivity index (χ2n) is 8.62. The third kappa shape index (κ3) is 8.99. The van der Waals surface area contributed by atoms with Crippen molar-refractivity contribution >= 4 is 70.7 Å². The van der Waals surface area contributed by atoms with Crippen LogP contribution in [-0.4, -0.2) is 40.5 Å². The van der Waals surface area contributed by atoms with Gasteiger partial charge in [-0.2, -0.15) is 0 Å². The van der Waals surface area contributed by atoms with Crippen molar-refractivity contribution in [2.75, 3.05) is 23.0 Å². The van der Waals surface area contributed by atoms with Gasteiger partial charge in [-0.3, -0.25) is 9.59 Å². The highest BCUT2D eigenvalue weighted by atomic mass is 32.2. The van der Waals surface area contributed by atoms with Crippen LogP contribution in [-0.2, 0) is 19.1 Å². The van der Waals surface area contributed by atoms with Crippen molar-refractivity contribution in [3.63, 3.8) is 0 Å². The second kappa shape index (κ2) is 16.9. The molecule has 3 rings (SSSR count). The maximum atomic E-state index is 14.0. The van der Waals surface area contributed by atoms with E-state index >= 15 is 0 Å². The minimum absolute atomic E-state index is 0.0892. The van der Waals surface area contributed by atoms with E-state index in [0.29, 0.717) is 43.9 Å². The van der Waals surface area contributed by atoms with E-state index in [0.717, 1.165) is 4.24 Å². The van der Waals surface area contributed by atoms with Gasteiger partial charge in [0.05, 0.1) is 9.81 Å². The molecule has 1 fully saturated rings. The first-order valence-electron chi connectivity index (χ1n) is 13.5. The van der Waals surface area contributed by atoms with Crippen LogP contribution in [0.3, 0.4) is 0 Å². The van der Waals surface area contributed by atoms with Gasteiger partial charge in [0.2, 0.25) is 0 Å². The summed E-state index contributed by atoms with van der Waals surface area (Å²) in [6.45, 7) is 7.88. The lowest BCUT2D eigenvalue weighted by atomic mass is 9.88. The number of carbonyl (C=O) groups excluding carboxylic acids is 3. The first kappa shape index (κ1) is 34.0. The zero-order chi connectivity index (χ0) is 30.6. The van der Waals surface area contributed by atoms with Gasteiger partial charge in [-0.15, -0.1) is 47.0 Å².